The number of rotatable bonds is 7. The Bertz CT molecular complexity index is 1150. The van der Waals surface area contributed by atoms with Crippen LogP contribution in [0.3, 0.4) is 0 Å². The number of aliphatic hydroxyl groups is 1. The highest BCUT2D eigenvalue weighted by Gasteiger charge is 2.47. The average molecular weight is 483 g/mol. The Labute approximate surface area is 204 Å². The second kappa shape index (κ2) is 10.4. The molecule has 2 aliphatic rings. The van der Waals surface area contributed by atoms with Crippen molar-refractivity contribution in [3.63, 3.8) is 0 Å². The normalized spacial score (nSPS) is 20.3. The molecule has 2 N–H and O–H groups in total. The second-order valence-electron chi connectivity index (χ2n) is 8.55. The van der Waals surface area contributed by atoms with Crippen LogP contribution >= 0.6 is 0 Å². The Morgan fingerprint density at radius 3 is 2.51 bits per heavy atom. The number of Topliss-reactive ketones (excluding diaryl/α,β-unsaturated/α-hetero) is 1. The van der Waals surface area contributed by atoms with Crippen molar-refractivity contribution in [2.24, 2.45) is 0 Å². The van der Waals surface area contributed by atoms with E-state index in [1.54, 1.807) is 37.3 Å². The van der Waals surface area contributed by atoms with Gasteiger partial charge in [-0.1, -0.05) is 23.8 Å². The molecule has 2 aliphatic heterocycles. The lowest BCUT2D eigenvalue weighted by molar-refractivity contribution is -0.140. The number of methoxy groups -OCH3 is 2. The van der Waals surface area contributed by atoms with Crippen molar-refractivity contribution in [2.75, 3.05) is 53.6 Å². The first kappa shape index (κ1) is 24.6. The van der Waals surface area contributed by atoms with Gasteiger partial charge in [-0.05, 0) is 25.1 Å². The summed E-state index contributed by atoms with van der Waals surface area (Å²) in [6, 6.07) is 8.98. The van der Waals surface area contributed by atoms with Crippen LogP contribution in [-0.4, -0.2) is 85.3 Å². The number of morpholine rings is 1. The molecule has 4 rings (SSSR count). The minimum absolute atomic E-state index is 0.0862. The van der Waals surface area contributed by atoms with Crippen LogP contribution in [0.4, 0.5) is 0 Å². The van der Waals surface area contributed by atoms with Crippen molar-refractivity contribution in [3.05, 3.63) is 58.7 Å². The molecule has 0 bridgehead atoms. The van der Waals surface area contributed by atoms with Crippen LogP contribution in [-0.2, 0) is 14.3 Å². The fourth-order valence-corrected chi connectivity index (χ4v) is 4.62. The third kappa shape index (κ3) is 4.69. The smallest absolute Gasteiger partial charge is 0.295 e. The number of phenolic OH excluding ortho intramolecular Hbond substituents is 1. The summed E-state index contributed by atoms with van der Waals surface area (Å²) in [4.78, 5) is 30.2. The Kier molecular flexibility index (Phi) is 7.28. The van der Waals surface area contributed by atoms with Gasteiger partial charge in [-0.15, -0.1) is 0 Å². The van der Waals surface area contributed by atoms with Gasteiger partial charge >= 0.3 is 0 Å². The summed E-state index contributed by atoms with van der Waals surface area (Å²) in [5.41, 5.74) is 1.26. The summed E-state index contributed by atoms with van der Waals surface area (Å²) in [5.74, 6) is -1.38. The Morgan fingerprint density at radius 1 is 1.09 bits per heavy atom. The summed E-state index contributed by atoms with van der Waals surface area (Å²) in [6.45, 7) is 5.28. The summed E-state index contributed by atoms with van der Waals surface area (Å²) in [5, 5.41) is 21.7. The highest BCUT2D eigenvalue weighted by Crippen LogP contribution is 2.46. The third-order valence-corrected chi connectivity index (χ3v) is 6.44. The fourth-order valence-electron chi connectivity index (χ4n) is 4.62. The number of amides is 1. The van der Waals surface area contributed by atoms with Crippen molar-refractivity contribution in [1.82, 2.24) is 9.80 Å². The number of para-hydroxylation sites is 1. The average Bonchev–Trinajstić information content (AvgIpc) is 3.13. The first-order valence-electron chi connectivity index (χ1n) is 11.5. The number of benzene rings is 2. The van der Waals surface area contributed by atoms with E-state index in [2.05, 4.69) is 4.90 Å². The van der Waals surface area contributed by atoms with E-state index in [9.17, 15) is 19.8 Å². The van der Waals surface area contributed by atoms with E-state index in [0.717, 1.165) is 18.7 Å². The highest BCUT2D eigenvalue weighted by molar-refractivity contribution is 6.46. The van der Waals surface area contributed by atoms with Gasteiger partial charge in [-0.3, -0.25) is 14.5 Å². The predicted molar refractivity (Wildman–Crippen MR) is 129 cm³/mol. The zero-order valence-corrected chi connectivity index (χ0v) is 20.1. The molecular weight excluding hydrogens is 452 g/mol. The minimum Gasteiger partial charge on any atom is -0.507 e. The highest BCUT2D eigenvalue weighted by atomic mass is 16.5. The van der Waals surface area contributed by atoms with Gasteiger partial charge in [-0.2, -0.15) is 0 Å². The number of nitrogens with zero attached hydrogens (tertiary/aromatic N) is 2. The number of ether oxygens (including phenoxy) is 3. The van der Waals surface area contributed by atoms with Crippen LogP contribution in [0.2, 0.25) is 0 Å². The zero-order chi connectivity index (χ0) is 25.1. The van der Waals surface area contributed by atoms with Crippen LogP contribution < -0.4 is 9.47 Å². The maximum Gasteiger partial charge on any atom is 0.295 e. The lowest BCUT2D eigenvalue weighted by Gasteiger charge is -2.31. The summed E-state index contributed by atoms with van der Waals surface area (Å²) in [7, 11) is 2.98. The second-order valence-corrected chi connectivity index (χ2v) is 8.55. The SMILES string of the molecule is COc1cccc(C2C(=C(O)c3cc(C)ccc3O)C(=O)C(=O)N2CCN2CCOCC2)c1OC. The molecule has 0 saturated carbocycles. The van der Waals surface area contributed by atoms with E-state index >= 15 is 0 Å². The number of phenols is 1. The molecule has 2 heterocycles. The monoisotopic (exact) mass is 482 g/mol. The van der Waals surface area contributed by atoms with Crippen LogP contribution in [0, 0.1) is 6.92 Å². The van der Waals surface area contributed by atoms with E-state index in [0.29, 0.717) is 36.8 Å². The maximum absolute atomic E-state index is 13.3. The van der Waals surface area contributed by atoms with Crippen molar-refractivity contribution < 1.29 is 34.0 Å². The summed E-state index contributed by atoms with van der Waals surface area (Å²) in [6.07, 6.45) is 0. The molecule has 35 heavy (non-hydrogen) atoms. The molecule has 2 saturated heterocycles. The molecule has 1 unspecified atom stereocenters. The van der Waals surface area contributed by atoms with E-state index in [1.165, 1.54) is 25.2 Å². The predicted octanol–water partition coefficient (Wildman–Crippen LogP) is 2.47. The number of aryl methyl sites for hydroxylation is 1. The number of aromatic hydroxyl groups is 1. The number of hydrogen-bond acceptors (Lipinski definition) is 8. The standard InChI is InChI=1S/C26H30N2O7/c1-16-7-8-19(29)18(15-16)23(30)21-22(17-5-4-6-20(33-2)25(17)34-3)28(26(32)24(21)31)10-9-27-11-13-35-14-12-27/h4-8,15,22,29-30H,9-14H2,1-3H3. The van der Waals surface area contributed by atoms with Gasteiger partial charge in [0.25, 0.3) is 11.7 Å². The Hall–Kier alpha value is -3.56. The van der Waals surface area contributed by atoms with Crippen LogP contribution in [0.1, 0.15) is 22.7 Å². The van der Waals surface area contributed by atoms with Gasteiger partial charge < -0.3 is 29.3 Å². The number of carbonyl (C=O) groups excluding carboxylic acids is 2. The van der Waals surface area contributed by atoms with E-state index in [-0.39, 0.29) is 23.4 Å². The summed E-state index contributed by atoms with van der Waals surface area (Å²) < 4.78 is 16.5. The van der Waals surface area contributed by atoms with Crippen LogP contribution in [0.15, 0.2) is 42.0 Å². The molecule has 0 aliphatic carbocycles. The largest absolute Gasteiger partial charge is 0.507 e. The number of aliphatic hydroxyl groups excluding tert-OH is 1. The molecular formula is C26H30N2O7. The zero-order valence-electron chi connectivity index (χ0n) is 20.1. The van der Waals surface area contributed by atoms with E-state index in [4.69, 9.17) is 14.2 Å². The van der Waals surface area contributed by atoms with Crippen LogP contribution in [0.5, 0.6) is 17.2 Å². The molecule has 0 spiro atoms. The first-order chi connectivity index (χ1) is 16.9. The topological polar surface area (TPSA) is 109 Å². The number of carbonyl (C=O) groups is 2. The minimum atomic E-state index is -0.930. The molecule has 0 radical (unpaired) electrons. The van der Waals surface area contributed by atoms with Crippen molar-refractivity contribution in [1.29, 1.82) is 0 Å². The Balaban J connectivity index is 1.85. The molecule has 9 heteroatoms. The quantitative estimate of drug-likeness (QED) is 0.352. The molecule has 2 aromatic carbocycles. The number of likely N-dealkylation sites (tertiary alicyclic amines) is 1. The van der Waals surface area contributed by atoms with Gasteiger partial charge in [-0.25, -0.2) is 0 Å². The Morgan fingerprint density at radius 2 is 1.83 bits per heavy atom. The molecule has 1 amide bonds. The number of ketones is 1. The molecule has 2 aromatic rings. The van der Waals surface area contributed by atoms with Gasteiger partial charge in [0.1, 0.15) is 11.5 Å². The third-order valence-electron chi connectivity index (χ3n) is 6.44. The van der Waals surface area contributed by atoms with Crippen molar-refractivity contribution in [3.8, 4) is 17.2 Å². The van der Waals surface area contributed by atoms with Crippen molar-refractivity contribution in [2.45, 2.75) is 13.0 Å². The van der Waals surface area contributed by atoms with Crippen LogP contribution in [0.25, 0.3) is 5.76 Å². The maximum atomic E-state index is 13.3. The van der Waals surface area contributed by atoms with Gasteiger partial charge in [0.05, 0.1) is 44.6 Å². The summed E-state index contributed by atoms with van der Waals surface area (Å²) >= 11 is 0. The van der Waals surface area contributed by atoms with Crippen molar-refractivity contribution >= 4 is 17.4 Å². The molecule has 186 valence electrons. The fraction of sp³-hybridized carbons (Fsp3) is 0.385. The lowest BCUT2D eigenvalue weighted by atomic mass is 9.93. The first-order valence-corrected chi connectivity index (χ1v) is 11.5. The lowest BCUT2D eigenvalue weighted by Crippen LogP contribution is -2.42. The van der Waals surface area contributed by atoms with E-state index < -0.39 is 23.5 Å². The number of hydrogen-bond donors (Lipinski definition) is 2. The van der Waals surface area contributed by atoms with Gasteiger partial charge in [0.15, 0.2) is 11.5 Å². The van der Waals surface area contributed by atoms with Gasteiger partial charge in [0, 0.05) is 31.7 Å². The molecule has 1 atom stereocenters. The molecule has 0 aromatic heterocycles. The molecule has 9 nitrogen and oxygen atoms in total. The van der Waals surface area contributed by atoms with E-state index in [1.807, 2.05) is 0 Å². The molecule has 2 fully saturated rings. The van der Waals surface area contributed by atoms with Gasteiger partial charge in [0.2, 0.25) is 0 Å².